The van der Waals surface area contributed by atoms with E-state index in [9.17, 15) is 18.8 Å². The summed E-state index contributed by atoms with van der Waals surface area (Å²) >= 11 is 0. The van der Waals surface area contributed by atoms with E-state index < -0.39 is 23.0 Å². The van der Waals surface area contributed by atoms with E-state index in [-0.39, 0.29) is 11.5 Å². The molecular formula is C19H19FN2O3. The number of para-hydroxylation sites is 1. The maximum atomic E-state index is 13.6. The van der Waals surface area contributed by atoms with Crippen molar-refractivity contribution in [3.8, 4) is 0 Å². The van der Waals surface area contributed by atoms with Crippen LogP contribution < -0.4 is 10.6 Å². The summed E-state index contributed by atoms with van der Waals surface area (Å²) in [4.78, 5) is 36.1. The van der Waals surface area contributed by atoms with Crippen LogP contribution in [0.25, 0.3) is 0 Å². The molecule has 0 radical (unpaired) electrons. The van der Waals surface area contributed by atoms with E-state index in [1.165, 1.54) is 39.0 Å². The Labute approximate surface area is 145 Å². The van der Waals surface area contributed by atoms with Crippen molar-refractivity contribution in [2.45, 2.75) is 20.8 Å². The van der Waals surface area contributed by atoms with Gasteiger partial charge in [-0.05, 0) is 57.2 Å². The lowest BCUT2D eigenvalue weighted by molar-refractivity contribution is -0.135. The lowest BCUT2D eigenvalue weighted by Gasteiger charge is -2.23. The van der Waals surface area contributed by atoms with E-state index in [2.05, 4.69) is 10.6 Å². The SMILES string of the molecule is CC(=O)c1ccc(NC(=O)C(C)(C)C(=O)Nc2ccccc2F)cc1. The third kappa shape index (κ3) is 4.29. The van der Waals surface area contributed by atoms with Crippen LogP contribution in [0.1, 0.15) is 31.1 Å². The molecule has 2 amide bonds. The Morgan fingerprint density at radius 2 is 1.44 bits per heavy atom. The summed E-state index contributed by atoms with van der Waals surface area (Å²) in [6.45, 7) is 4.34. The van der Waals surface area contributed by atoms with Crippen LogP contribution in [-0.2, 0) is 9.59 Å². The molecule has 0 saturated carbocycles. The number of anilines is 2. The van der Waals surface area contributed by atoms with E-state index in [1.54, 1.807) is 30.3 Å². The van der Waals surface area contributed by atoms with Crippen molar-refractivity contribution in [2.24, 2.45) is 5.41 Å². The number of halogens is 1. The summed E-state index contributed by atoms with van der Waals surface area (Å²) in [6, 6.07) is 12.1. The molecule has 6 heteroatoms. The molecule has 0 aliphatic rings. The Morgan fingerprint density at radius 1 is 0.880 bits per heavy atom. The summed E-state index contributed by atoms with van der Waals surface area (Å²) in [5.74, 6) is -1.83. The third-order valence-corrected chi connectivity index (χ3v) is 3.81. The molecule has 2 aromatic carbocycles. The molecule has 25 heavy (non-hydrogen) atoms. The largest absolute Gasteiger partial charge is 0.325 e. The maximum absolute atomic E-state index is 13.6. The van der Waals surface area contributed by atoms with E-state index in [4.69, 9.17) is 0 Å². The highest BCUT2D eigenvalue weighted by Gasteiger charge is 2.36. The first-order valence-electron chi connectivity index (χ1n) is 7.70. The summed E-state index contributed by atoms with van der Waals surface area (Å²) in [5, 5.41) is 5.05. The quantitative estimate of drug-likeness (QED) is 0.643. The Kier molecular flexibility index (Phi) is 5.32. The minimum Gasteiger partial charge on any atom is -0.325 e. The van der Waals surface area contributed by atoms with E-state index >= 15 is 0 Å². The highest BCUT2D eigenvalue weighted by atomic mass is 19.1. The highest BCUT2D eigenvalue weighted by molar-refractivity contribution is 6.14. The van der Waals surface area contributed by atoms with Gasteiger partial charge < -0.3 is 10.6 Å². The molecule has 0 aliphatic heterocycles. The van der Waals surface area contributed by atoms with Gasteiger partial charge in [0, 0.05) is 11.3 Å². The van der Waals surface area contributed by atoms with Gasteiger partial charge in [0.1, 0.15) is 11.2 Å². The molecular weight excluding hydrogens is 323 g/mol. The van der Waals surface area contributed by atoms with Crippen LogP contribution in [0.15, 0.2) is 48.5 Å². The van der Waals surface area contributed by atoms with Gasteiger partial charge in [-0.15, -0.1) is 0 Å². The Balaban J connectivity index is 2.09. The smallest absolute Gasteiger partial charge is 0.239 e. The fourth-order valence-electron chi connectivity index (χ4n) is 2.02. The van der Waals surface area contributed by atoms with Crippen LogP contribution >= 0.6 is 0 Å². The summed E-state index contributed by atoms with van der Waals surface area (Å²) in [6.07, 6.45) is 0. The molecule has 0 aliphatic carbocycles. The normalized spacial score (nSPS) is 10.9. The zero-order valence-corrected chi connectivity index (χ0v) is 14.2. The fourth-order valence-corrected chi connectivity index (χ4v) is 2.02. The van der Waals surface area contributed by atoms with Gasteiger partial charge in [-0.2, -0.15) is 0 Å². The Morgan fingerprint density at radius 3 is 2.00 bits per heavy atom. The summed E-state index contributed by atoms with van der Waals surface area (Å²) in [5.41, 5.74) is -0.433. The Bertz CT molecular complexity index is 814. The number of ketones is 1. The second kappa shape index (κ2) is 7.25. The number of benzene rings is 2. The van der Waals surface area contributed by atoms with Crippen molar-refractivity contribution >= 4 is 29.0 Å². The van der Waals surface area contributed by atoms with Crippen LogP contribution in [-0.4, -0.2) is 17.6 Å². The first-order chi connectivity index (χ1) is 11.7. The molecule has 5 nitrogen and oxygen atoms in total. The monoisotopic (exact) mass is 342 g/mol. The molecule has 0 spiro atoms. The van der Waals surface area contributed by atoms with Crippen molar-refractivity contribution in [3.63, 3.8) is 0 Å². The predicted octanol–water partition coefficient (Wildman–Crippen LogP) is 3.63. The lowest BCUT2D eigenvalue weighted by Crippen LogP contribution is -2.41. The summed E-state index contributed by atoms with van der Waals surface area (Å²) in [7, 11) is 0. The van der Waals surface area contributed by atoms with Gasteiger partial charge >= 0.3 is 0 Å². The van der Waals surface area contributed by atoms with Crippen LogP contribution in [0, 0.1) is 11.2 Å². The van der Waals surface area contributed by atoms with Gasteiger partial charge in [-0.25, -0.2) is 4.39 Å². The van der Waals surface area contributed by atoms with Gasteiger partial charge in [-0.1, -0.05) is 12.1 Å². The number of rotatable bonds is 5. The molecule has 0 aromatic heterocycles. The van der Waals surface area contributed by atoms with Crippen molar-refractivity contribution in [2.75, 3.05) is 10.6 Å². The molecule has 0 saturated heterocycles. The number of hydrogen-bond acceptors (Lipinski definition) is 3. The zero-order valence-electron chi connectivity index (χ0n) is 14.2. The second-order valence-electron chi connectivity index (χ2n) is 6.15. The maximum Gasteiger partial charge on any atom is 0.239 e. The van der Waals surface area contributed by atoms with Gasteiger partial charge in [0.15, 0.2) is 5.78 Å². The first-order valence-corrected chi connectivity index (χ1v) is 7.70. The van der Waals surface area contributed by atoms with Gasteiger partial charge in [0.05, 0.1) is 5.69 Å². The van der Waals surface area contributed by atoms with Gasteiger partial charge in [0.2, 0.25) is 11.8 Å². The number of carbonyl (C=O) groups is 3. The summed E-state index contributed by atoms with van der Waals surface area (Å²) < 4.78 is 13.6. The number of amides is 2. The number of hydrogen-bond donors (Lipinski definition) is 2. The van der Waals surface area contributed by atoms with Gasteiger partial charge in [0.25, 0.3) is 0 Å². The van der Waals surface area contributed by atoms with Gasteiger partial charge in [-0.3, -0.25) is 14.4 Å². The van der Waals surface area contributed by atoms with Crippen LogP contribution in [0.5, 0.6) is 0 Å². The predicted molar refractivity (Wildman–Crippen MR) is 93.9 cm³/mol. The highest BCUT2D eigenvalue weighted by Crippen LogP contribution is 2.23. The first kappa shape index (κ1) is 18.3. The molecule has 0 bridgehead atoms. The number of nitrogens with one attached hydrogen (secondary N) is 2. The molecule has 0 unspecified atom stereocenters. The van der Waals surface area contributed by atoms with Crippen LogP contribution in [0.3, 0.4) is 0 Å². The fraction of sp³-hybridized carbons (Fsp3) is 0.211. The average Bonchev–Trinajstić information content (AvgIpc) is 2.57. The molecule has 0 atom stereocenters. The number of carbonyl (C=O) groups excluding carboxylic acids is 3. The van der Waals surface area contributed by atoms with Crippen molar-refractivity contribution in [1.82, 2.24) is 0 Å². The van der Waals surface area contributed by atoms with Crippen molar-refractivity contribution < 1.29 is 18.8 Å². The molecule has 2 rings (SSSR count). The number of Topliss-reactive ketones (excluding diaryl/α,β-unsaturated/α-hetero) is 1. The van der Waals surface area contributed by atoms with Crippen molar-refractivity contribution in [3.05, 3.63) is 59.9 Å². The Hall–Kier alpha value is -3.02. The molecule has 2 N–H and O–H groups in total. The minimum atomic E-state index is -1.43. The molecule has 2 aromatic rings. The van der Waals surface area contributed by atoms with Crippen molar-refractivity contribution in [1.29, 1.82) is 0 Å². The third-order valence-electron chi connectivity index (χ3n) is 3.81. The van der Waals surface area contributed by atoms with E-state index in [0.717, 1.165) is 0 Å². The molecule has 0 fully saturated rings. The van der Waals surface area contributed by atoms with E-state index in [0.29, 0.717) is 11.3 Å². The minimum absolute atomic E-state index is 0.0131. The zero-order chi connectivity index (χ0) is 18.6. The second-order valence-corrected chi connectivity index (χ2v) is 6.15. The lowest BCUT2D eigenvalue weighted by atomic mass is 9.90. The van der Waals surface area contributed by atoms with Crippen LogP contribution in [0.4, 0.5) is 15.8 Å². The van der Waals surface area contributed by atoms with E-state index in [1.807, 2.05) is 0 Å². The average molecular weight is 342 g/mol. The topological polar surface area (TPSA) is 75.3 Å². The molecule has 130 valence electrons. The molecule has 0 heterocycles. The standard InChI is InChI=1S/C19H19FN2O3/c1-12(23)13-8-10-14(11-9-13)21-17(24)19(2,3)18(25)22-16-7-5-4-6-15(16)20/h4-11H,1-3H3,(H,21,24)(H,22,25). The van der Waals surface area contributed by atoms with Crippen LogP contribution in [0.2, 0.25) is 0 Å².